The van der Waals surface area contributed by atoms with Crippen LogP contribution in [0.15, 0.2) is 273 Å². The molecule has 1 atom stereocenters. The molecule has 0 spiro atoms. The van der Waals surface area contributed by atoms with Gasteiger partial charge in [-0.3, -0.25) is 0 Å². The van der Waals surface area contributed by atoms with Gasteiger partial charge in [0.05, 0.1) is 17.1 Å². The first-order valence-corrected chi connectivity index (χ1v) is 27.6. The van der Waals surface area contributed by atoms with E-state index in [1.54, 1.807) is 0 Å². The van der Waals surface area contributed by atoms with Crippen LogP contribution in [0.4, 0.5) is 0 Å². The monoisotopic (exact) mass is 992 g/mol. The molecular weight excluding hydrogens is 941 g/mol. The number of rotatable bonds is 8. The van der Waals surface area contributed by atoms with Crippen molar-refractivity contribution in [3.63, 3.8) is 0 Å². The van der Waals surface area contributed by atoms with Crippen LogP contribution in [-0.2, 0) is 0 Å². The number of allylic oxidation sites excluding steroid dienone is 2. The third kappa shape index (κ3) is 6.89. The molecule has 0 radical (unpaired) electrons. The van der Waals surface area contributed by atoms with E-state index in [-0.39, 0.29) is 0 Å². The maximum absolute atomic E-state index is 2.57. The van der Waals surface area contributed by atoms with Gasteiger partial charge in [-0.1, -0.05) is 224 Å². The van der Waals surface area contributed by atoms with Crippen LogP contribution in [0.2, 0.25) is 0 Å². The Morgan fingerprint density at radius 3 is 1.40 bits per heavy atom. The van der Waals surface area contributed by atoms with Gasteiger partial charge in [-0.2, -0.15) is 0 Å². The maximum atomic E-state index is 2.57. The number of aromatic nitrogens is 2. The zero-order valence-corrected chi connectivity index (χ0v) is 43.1. The molecule has 0 saturated heterocycles. The molecule has 2 heteroatoms. The Kier molecular flexibility index (Phi) is 10.2. The number of benzene rings is 13. The molecule has 0 amide bonds. The van der Waals surface area contributed by atoms with Gasteiger partial charge >= 0.3 is 0 Å². The molecular formula is C76H52N2. The fourth-order valence-electron chi connectivity index (χ4n) is 13.7. The summed E-state index contributed by atoms with van der Waals surface area (Å²) >= 11 is 0. The van der Waals surface area contributed by atoms with Crippen molar-refractivity contribution in [2.24, 2.45) is 0 Å². The Hall–Kier alpha value is -9.76. The summed E-state index contributed by atoms with van der Waals surface area (Å²) in [6, 6.07) is 97.9. The van der Waals surface area contributed by atoms with Crippen molar-refractivity contribution >= 4 is 75.4 Å². The second kappa shape index (κ2) is 17.9. The van der Waals surface area contributed by atoms with E-state index in [1.165, 1.54) is 132 Å². The molecule has 1 unspecified atom stereocenters. The first-order valence-electron chi connectivity index (χ1n) is 27.6. The summed E-state index contributed by atoms with van der Waals surface area (Å²) < 4.78 is 5.05. The number of fused-ring (bicyclic) bond motifs is 5. The molecule has 366 valence electrons. The van der Waals surface area contributed by atoms with E-state index in [9.17, 15) is 0 Å². The zero-order valence-electron chi connectivity index (χ0n) is 43.1. The fourth-order valence-corrected chi connectivity index (χ4v) is 13.7. The lowest BCUT2D eigenvalue weighted by molar-refractivity contribution is 0.633. The predicted octanol–water partition coefficient (Wildman–Crippen LogP) is 20.9. The van der Waals surface area contributed by atoms with E-state index in [4.69, 9.17) is 0 Å². The van der Waals surface area contributed by atoms with Crippen molar-refractivity contribution < 1.29 is 0 Å². The largest absolute Gasteiger partial charge is 0.313 e. The molecule has 13 aromatic carbocycles. The highest BCUT2D eigenvalue weighted by atomic mass is 15.0. The highest BCUT2D eigenvalue weighted by Gasteiger charge is 2.26. The van der Waals surface area contributed by atoms with Crippen LogP contribution in [0.1, 0.15) is 30.9 Å². The fraction of sp³-hybridized carbons (Fsp3) is 0.0526. The van der Waals surface area contributed by atoms with Crippen LogP contribution < -0.4 is 0 Å². The Morgan fingerprint density at radius 2 is 0.769 bits per heavy atom. The lowest BCUT2D eigenvalue weighted by Crippen LogP contribution is -2.08. The smallest absolute Gasteiger partial charge is 0.0535 e. The van der Waals surface area contributed by atoms with Crippen molar-refractivity contribution in [3.05, 3.63) is 279 Å². The number of hydrogen-bond donors (Lipinski definition) is 0. The average Bonchev–Trinajstić information content (AvgIpc) is 4.27. The molecule has 16 rings (SSSR count). The van der Waals surface area contributed by atoms with Gasteiger partial charge in [0, 0.05) is 23.0 Å². The Labute approximate surface area is 453 Å². The minimum Gasteiger partial charge on any atom is -0.313 e. The molecule has 2 nitrogen and oxygen atoms in total. The highest BCUT2D eigenvalue weighted by molar-refractivity contribution is 6.35. The molecule has 0 bridgehead atoms. The van der Waals surface area contributed by atoms with Gasteiger partial charge in [-0.15, -0.1) is 0 Å². The molecule has 0 saturated carbocycles. The molecule has 2 aromatic heterocycles. The van der Waals surface area contributed by atoms with Crippen LogP contribution in [-0.4, -0.2) is 9.13 Å². The van der Waals surface area contributed by atoms with Crippen molar-refractivity contribution in [2.45, 2.75) is 25.2 Å². The van der Waals surface area contributed by atoms with Crippen molar-refractivity contribution in [1.29, 1.82) is 0 Å². The van der Waals surface area contributed by atoms with Gasteiger partial charge in [0.1, 0.15) is 0 Å². The SMILES string of the molecule is C1=CC(c2ccc(-c3ccccc3)n2-c2ccc3c(-c4cccc5ccccc45)c4cc(-n5c(-c6ccccc6)ccc5-c5ccccc5)ccc4c(-c4ccc5c6cccc7cccc(c8cccc4c85)c76)c3c2)CCC1. The van der Waals surface area contributed by atoms with Gasteiger partial charge in [0.25, 0.3) is 0 Å². The molecule has 78 heavy (non-hydrogen) atoms. The van der Waals surface area contributed by atoms with Crippen molar-refractivity contribution in [2.75, 3.05) is 0 Å². The summed E-state index contributed by atoms with van der Waals surface area (Å²) in [6.07, 6.45) is 8.28. The summed E-state index contributed by atoms with van der Waals surface area (Å²) in [7, 11) is 0. The van der Waals surface area contributed by atoms with Gasteiger partial charge in [-0.05, 0) is 182 Å². The molecule has 0 N–H and O–H groups in total. The highest BCUT2D eigenvalue weighted by Crippen LogP contribution is 2.51. The summed E-state index contributed by atoms with van der Waals surface area (Å²) in [5.41, 5.74) is 15.6. The van der Waals surface area contributed by atoms with Crippen molar-refractivity contribution in [3.8, 4) is 67.4 Å². The predicted molar refractivity (Wildman–Crippen MR) is 332 cm³/mol. The Bertz CT molecular complexity index is 4750. The lowest BCUT2D eigenvalue weighted by Gasteiger charge is -2.24. The zero-order chi connectivity index (χ0) is 51.3. The molecule has 1 aliphatic carbocycles. The van der Waals surface area contributed by atoms with Gasteiger partial charge in [-0.25, -0.2) is 0 Å². The maximum Gasteiger partial charge on any atom is 0.0535 e. The quantitative estimate of drug-likeness (QED) is 0.0816. The van der Waals surface area contributed by atoms with E-state index < -0.39 is 0 Å². The van der Waals surface area contributed by atoms with Crippen LogP contribution in [0.5, 0.6) is 0 Å². The van der Waals surface area contributed by atoms with Gasteiger partial charge in [0.15, 0.2) is 0 Å². The minimum atomic E-state index is 0.315. The number of hydrogen-bond acceptors (Lipinski definition) is 0. The normalized spacial score (nSPS) is 13.8. The second-order valence-electron chi connectivity index (χ2n) is 21.3. The van der Waals surface area contributed by atoms with Gasteiger partial charge in [0.2, 0.25) is 0 Å². The third-order valence-corrected chi connectivity index (χ3v) is 17.1. The van der Waals surface area contributed by atoms with E-state index in [0.29, 0.717) is 5.92 Å². The summed E-state index contributed by atoms with van der Waals surface area (Å²) in [5.74, 6) is 0.315. The lowest BCUT2D eigenvalue weighted by atomic mass is 9.82. The summed E-state index contributed by atoms with van der Waals surface area (Å²) in [5, 5.41) is 17.7. The van der Waals surface area contributed by atoms with E-state index in [0.717, 1.165) is 35.6 Å². The Balaban J connectivity index is 1.07. The third-order valence-electron chi connectivity index (χ3n) is 17.1. The van der Waals surface area contributed by atoms with E-state index in [1.807, 2.05) is 0 Å². The molecule has 15 aromatic rings. The molecule has 2 heterocycles. The first kappa shape index (κ1) is 44.5. The summed E-state index contributed by atoms with van der Waals surface area (Å²) in [6.45, 7) is 0. The average molecular weight is 993 g/mol. The van der Waals surface area contributed by atoms with Crippen LogP contribution in [0, 0.1) is 0 Å². The van der Waals surface area contributed by atoms with Crippen LogP contribution >= 0.6 is 0 Å². The van der Waals surface area contributed by atoms with Crippen LogP contribution in [0.3, 0.4) is 0 Å². The molecule has 0 aliphatic heterocycles. The Morgan fingerprint density at radius 1 is 0.308 bits per heavy atom. The second-order valence-corrected chi connectivity index (χ2v) is 21.3. The first-order chi connectivity index (χ1) is 38.7. The topological polar surface area (TPSA) is 9.86 Å². The summed E-state index contributed by atoms with van der Waals surface area (Å²) in [4.78, 5) is 0. The van der Waals surface area contributed by atoms with Crippen LogP contribution in [0.25, 0.3) is 143 Å². The standard InChI is InChI=1S/C76H52N2/c1-5-20-50(21-6-1)69-43-44-70(51-22-7-2-8-23-51)77(69)55-38-40-66-67(47-55)75(58-32-15-28-49-19-13-14-31-57(49)58)65-39-37-56(78-71(52-24-9-3-10-25-52)45-46-72(78)53-26-11-4-12-27-53)48-68(65)76(66)64-42-41-63-60-34-17-30-54-29-16-33-59(73(54)60)61-35-18-36-62(64)74(61)63/h1-3,5-11,13-26,28-48,53H,4,12,27H2. The minimum absolute atomic E-state index is 0.315. The number of nitrogens with zero attached hydrogens (tertiary/aromatic N) is 2. The van der Waals surface area contributed by atoms with E-state index >= 15 is 0 Å². The molecule has 0 fully saturated rings. The van der Waals surface area contributed by atoms with E-state index in [2.05, 4.69) is 282 Å². The van der Waals surface area contributed by atoms with Gasteiger partial charge < -0.3 is 9.13 Å². The van der Waals surface area contributed by atoms with Crippen molar-refractivity contribution in [1.82, 2.24) is 9.13 Å². The molecule has 1 aliphatic rings.